The molecule has 1 aliphatic rings. The SMILES string of the molecule is CC(C)(C)c1cc(-c2ccc(C(=S)N3CCCCC3)s2)cc(C(C)(C)C)[se+]1.F[P-](F)(F)(F)(F)F. The van der Waals surface area contributed by atoms with Crippen LogP contribution in [-0.2, 0) is 10.8 Å². The van der Waals surface area contributed by atoms with Gasteiger partial charge in [0.25, 0.3) is 0 Å². The van der Waals surface area contributed by atoms with Gasteiger partial charge in [-0.1, -0.05) is 0 Å². The van der Waals surface area contributed by atoms with Crippen molar-refractivity contribution in [3.63, 3.8) is 0 Å². The van der Waals surface area contributed by atoms with Crippen molar-refractivity contribution < 1.29 is 25.2 Å². The van der Waals surface area contributed by atoms with E-state index in [2.05, 4.69) is 70.7 Å². The van der Waals surface area contributed by atoms with Gasteiger partial charge in [0.2, 0.25) is 0 Å². The second-order valence-corrected chi connectivity index (χ2v) is 16.2. The standard InChI is InChI=1S/C23H32NS2Se.F6P/c1-22(2,3)19-14-16(15-20(27-19)23(4,5)6)17-10-11-18(26-17)21(25)24-12-8-7-9-13-24;1-7(2,3,4,5)6/h10-11,14-15H,7-9,12-13H2,1-6H3;/q+1;-1. The van der Waals surface area contributed by atoms with E-state index in [1.807, 2.05) is 11.3 Å². The summed E-state index contributed by atoms with van der Waals surface area (Å²) in [6, 6.07) is 9.42. The number of thiophene rings is 1. The molecule has 0 unspecified atom stereocenters. The molecule has 0 saturated carbocycles. The molecule has 194 valence electrons. The molecule has 1 saturated heterocycles. The molecule has 0 N–H and O–H groups in total. The fraction of sp³-hybridized carbons (Fsp3) is 0.565. The van der Waals surface area contributed by atoms with Gasteiger partial charge in [0, 0.05) is 0 Å². The Hall–Kier alpha value is -0.531. The summed E-state index contributed by atoms with van der Waals surface area (Å²) in [6.07, 6.45) is 3.88. The fourth-order valence-corrected chi connectivity index (χ4v) is 7.14. The van der Waals surface area contributed by atoms with E-state index in [0.29, 0.717) is 14.5 Å². The van der Waals surface area contributed by atoms with Crippen molar-refractivity contribution in [1.29, 1.82) is 0 Å². The normalized spacial score (nSPS) is 17.4. The first kappa shape index (κ1) is 29.7. The minimum atomic E-state index is -10.7. The molecule has 1 fully saturated rings. The quantitative estimate of drug-likeness (QED) is 0.144. The molecule has 3 rings (SSSR count). The third-order valence-electron chi connectivity index (χ3n) is 5.02. The van der Waals surface area contributed by atoms with Gasteiger partial charge in [-0.2, -0.15) is 0 Å². The van der Waals surface area contributed by atoms with Gasteiger partial charge in [-0.05, 0) is 0 Å². The predicted octanol–water partition coefficient (Wildman–Crippen LogP) is 9.89. The van der Waals surface area contributed by atoms with E-state index in [-0.39, 0.29) is 10.8 Å². The summed E-state index contributed by atoms with van der Waals surface area (Å²) in [5.74, 6) is 0. The number of rotatable bonds is 2. The minimum absolute atomic E-state index is 0.221. The number of thiocarbonyl (C=S) groups is 1. The molecule has 0 bridgehead atoms. The van der Waals surface area contributed by atoms with Crippen molar-refractivity contribution in [3.05, 3.63) is 38.0 Å². The molecule has 0 atom stereocenters. The van der Waals surface area contributed by atoms with E-state index in [9.17, 15) is 25.2 Å². The van der Waals surface area contributed by atoms with E-state index in [1.165, 1.54) is 34.6 Å². The number of likely N-dealkylation sites (tertiary alicyclic amines) is 1. The van der Waals surface area contributed by atoms with Crippen LogP contribution in [0, 0.1) is 0 Å². The third kappa shape index (κ3) is 10.6. The van der Waals surface area contributed by atoms with Crippen LogP contribution in [-0.4, -0.2) is 37.5 Å². The molecular weight excluding hydrogens is 578 g/mol. The maximum atomic E-state index is 9.87. The number of piperidine rings is 1. The Labute approximate surface area is 213 Å². The second-order valence-electron chi connectivity index (χ2n) is 10.5. The fourth-order valence-electron chi connectivity index (χ4n) is 3.24. The van der Waals surface area contributed by atoms with Crippen LogP contribution in [0.3, 0.4) is 0 Å². The van der Waals surface area contributed by atoms with Crippen LogP contribution in [0.2, 0.25) is 0 Å². The van der Waals surface area contributed by atoms with Crippen LogP contribution >= 0.6 is 31.4 Å². The average Bonchev–Trinajstić information content (AvgIpc) is 3.14. The van der Waals surface area contributed by atoms with Crippen LogP contribution in [0.5, 0.6) is 0 Å². The number of hydrogen-bond acceptors (Lipinski definition) is 2. The zero-order valence-corrected chi connectivity index (χ0v) is 24.5. The Morgan fingerprint density at radius 2 is 1.29 bits per heavy atom. The first-order chi connectivity index (χ1) is 15.0. The zero-order valence-electron chi connectivity index (χ0n) is 20.2. The van der Waals surface area contributed by atoms with E-state index < -0.39 is 7.81 Å². The van der Waals surface area contributed by atoms with Gasteiger partial charge in [0.15, 0.2) is 0 Å². The monoisotopic (exact) mass is 611 g/mol. The Morgan fingerprint density at radius 1 is 0.853 bits per heavy atom. The second kappa shape index (κ2) is 9.41. The zero-order chi connectivity index (χ0) is 26.2. The van der Waals surface area contributed by atoms with Gasteiger partial charge in [-0.3, -0.25) is 0 Å². The molecule has 0 spiro atoms. The van der Waals surface area contributed by atoms with Crippen LogP contribution in [0.15, 0.2) is 24.3 Å². The van der Waals surface area contributed by atoms with E-state index in [1.54, 1.807) is 8.87 Å². The van der Waals surface area contributed by atoms with E-state index in [0.717, 1.165) is 18.1 Å². The molecule has 3 heterocycles. The van der Waals surface area contributed by atoms with Crippen molar-refractivity contribution in [1.82, 2.24) is 4.90 Å². The van der Waals surface area contributed by atoms with Crippen LogP contribution in [0.25, 0.3) is 10.4 Å². The van der Waals surface area contributed by atoms with Crippen molar-refractivity contribution in [2.24, 2.45) is 0 Å². The molecule has 34 heavy (non-hydrogen) atoms. The number of halogens is 6. The molecular formula is C23H32F6NPS2Se. The van der Waals surface area contributed by atoms with Gasteiger partial charge < -0.3 is 0 Å². The first-order valence-corrected chi connectivity index (χ1v) is 15.9. The van der Waals surface area contributed by atoms with E-state index in [4.69, 9.17) is 12.2 Å². The summed E-state index contributed by atoms with van der Waals surface area (Å²) >= 11 is 8.12. The number of nitrogens with zero attached hydrogens (tertiary/aromatic N) is 1. The van der Waals surface area contributed by atoms with Crippen molar-refractivity contribution in [2.75, 3.05) is 13.1 Å². The van der Waals surface area contributed by atoms with Gasteiger partial charge in [0.05, 0.1) is 0 Å². The van der Waals surface area contributed by atoms with Crippen LogP contribution < -0.4 is 0 Å². The number of hydrogen-bond donors (Lipinski definition) is 0. The van der Waals surface area contributed by atoms with Gasteiger partial charge in [-0.15, -0.1) is 0 Å². The van der Waals surface area contributed by atoms with Crippen molar-refractivity contribution >= 4 is 50.9 Å². The Kier molecular flexibility index (Phi) is 8.22. The average molecular weight is 611 g/mol. The molecule has 0 aromatic carbocycles. The molecule has 2 aromatic rings. The summed E-state index contributed by atoms with van der Waals surface area (Å²) in [6.45, 7) is 16.3. The topological polar surface area (TPSA) is 3.24 Å². The van der Waals surface area contributed by atoms with Gasteiger partial charge in [0.1, 0.15) is 0 Å². The maximum absolute atomic E-state index is 10.7. The Morgan fingerprint density at radius 3 is 1.71 bits per heavy atom. The molecule has 0 aliphatic carbocycles. The summed E-state index contributed by atoms with van der Waals surface area (Å²) in [4.78, 5) is 6.05. The Balaban J connectivity index is 0.000000509. The van der Waals surface area contributed by atoms with Crippen molar-refractivity contribution in [3.8, 4) is 10.4 Å². The van der Waals surface area contributed by atoms with Crippen molar-refractivity contribution in [2.45, 2.75) is 71.6 Å². The molecule has 0 radical (unpaired) electrons. The van der Waals surface area contributed by atoms with Crippen LogP contribution in [0.1, 0.15) is 74.6 Å². The van der Waals surface area contributed by atoms with Gasteiger partial charge in [-0.25, -0.2) is 0 Å². The summed E-state index contributed by atoms with van der Waals surface area (Å²) in [5.41, 5.74) is 1.81. The molecule has 11 heteroatoms. The molecule has 1 aliphatic heterocycles. The molecule has 2 aromatic heterocycles. The summed E-state index contributed by atoms with van der Waals surface area (Å²) < 4.78 is 62.4. The summed E-state index contributed by atoms with van der Waals surface area (Å²) in [5, 5.41) is 0. The van der Waals surface area contributed by atoms with Gasteiger partial charge >= 0.3 is 214 Å². The van der Waals surface area contributed by atoms with E-state index >= 15 is 0 Å². The third-order valence-corrected chi connectivity index (χ3v) is 10.8. The predicted molar refractivity (Wildman–Crippen MR) is 139 cm³/mol. The Bertz CT molecular complexity index is 987. The first-order valence-electron chi connectivity index (χ1n) is 11.0. The summed E-state index contributed by atoms with van der Waals surface area (Å²) in [7, 11) is -10.7. The van der Waals surface area contributed by atoms with Crippen LogP contribution in [0.4, 0.5) is 25.2 Å². The molecule has 0 amide bonds. The molecule has 1 nitrogen and oxygen atoms in total.